The van der Waals surface area contributed by atoms with Gasteiger partial charge in [0.1, 0.15) is 5.75 Å². The van der Waals surface area contributed by atoms with E-state index >= 15 is 0 Å². The normalized spacial score (nSPS) is 10.2. The molecule has 0 aliphatic heterocycles. The molecule has 3 aromatic rings. The molecule has 0 heterocycles. The molecule has 0 fully saturated rings. The van der Waals surface area contributed by atoms with Crippen molar-refractivity contribution >= 4 is 34.8 Å². The Morgan fingerprint density at radius 1 is 0.824 bits per heavy atom. The van der Waals surface area contributed by atoms with E-state index in [2.05, 4.69) is 10.6 Å². The number of rotatable bonds is 10. The number of para-hydroxylation sites is 3. The summed E-state index contributed by atoms with van der Waals surface area (Å²) in [6, 6.07) is 16.8. The SMILES string of the molecule is CCOc1c(Cl)cccc1NC(=O)c1ccc(OCC(=O)Nc2ccccc2OC)c(OC)c1. The van der Waals surface area contributed by atoms with Crippen LogP contribution in [0.2, 0.25) is 5.02 Å². The van der Waals surface area contributed by atoms with E-state index in [0.717, 1.165) is 0 Å². The molecule has 9 heteroatoms. The summed E-state index contributed by atoms with van der Waals surface area (Å²) in [4.78, 5) is 25.1. The van der Waals surface area contributed by atoms with Gasteiger partial charge in [0, 0.05) is 5.56 Å². The molecule has 2 N–H and O–H groups in total. The number of hydrogen-bond acceptors (Lipinski definition) is 6. The standard InChI is InChI=1S/C25H25ClN2O6/c1-4-33-24-17(26)8-7-10-19(24)28-25(30)16-12-13-21(22(14-16)32-3)34-15-23(29)27-18-9-5-6-11-20(18)31-2/h5-14H,4,15H2,1-3H3,(H,27,29)(H,28,30). The van der Waals surface area contributed by atoms with Gasteiger partial charge in [0.15, 0.2) is 23.9 Å². The molecule has 0 aromatic heterocycles. The molecule has 0 unspecified atom stereocenters. The van der Waals surface area contributed by atoms with Crippen molar-refractivity contribution in [2.24, 2.45) is 0 Å². The highest BCUT2D eigenvalue weighted by Crippen LogP contribution is 2.34. The first-order valence-corrected chi connectivity index (χ1v) is 10.8. The third-order valence-electron chi connectivity index (χ3n) is 4.67. The highest BCUT2D eigenvalue weighted by molar-refractivity contribution is 6.32. The van der Waals surface area contributed by atoms with Crippen LogP contribution in [0, 0.1) is 0 Å². The van der Waals surface area contributed by atoms with Crippen molar-refractivity contribution in [3.05, 3.63) is 71.2 Å². The van der Waals surface area contributed by atoms with E-state index in [0.29, 0.717) is 51.6 Å². The van der Waals surface area contributed by atoms with Crippen LogP contribution in [0.25, 0.3) is 0 Å². The largest absolute Gasteiger partial charge is 0.495 e. The van der Waals surface area contributed by atoms with Gasteiger partial charge in [-0.15, -0.1) is 0 Å². The van der Waals surface area contributed by atoms with Gasteiger partial charge >= 0.3 is 0 Å². The Morgan fingerprint density at radius 2 is 1.56 bits per heavy atom. The quantitative estimate of drug-likeness (QED) is 0.419. The molecule has 0 saturated heterocycles. The molecule has 0 aliphatic carbocycles. The maximum absolute atomic E-state index is 12.8. The fraction of sp³-hybridized carbons (Fsp3) is 0.200. The minimum atomic E-state index is -0.387. The summed E-state index contributed by atoms with van der Waals surface area (Å²) in [6.07, 6.45) is 0. The summed E-state index contributed by atoms with van der Waals surface area (Å²) in [5.74, 6) is 0.782. The fourth-order valence-electron chi connectivity index (χ4n) is 3.10. The molecule has 0 spiro atoms. The van der Waals surface area contributed by atoms with E-state index in [4.69, 9.17) is 30.5 Å². The lowest BCUT2D eigenvalue weighted by molar-refractivity contribution is -0.118. The number of carbonyl (C=O) groups is 2. The molecule has 34 heavy (non-hydrogen) atoms. The number of methoxy groups -OCH3 is 2. The lowest BCUT2D eigenvalue weighted by Gasteiger charge is -2.15. The molecule has 3 rings (SSSR count). The number of carbonyl (C=O) groups excluding carboxylic acids is 2. The second-order valence-electron chi connectivity index (χ2n) is 6.91. The summed E-state index contributed by atoms with van der Waals surface area (Å²) < 4.78 is 21.7. The average Bonchev–Trinajstić information content (AvgIpc) is 2.85. The molecule has 2 amide bonds. The second kappa shape index (κ2) is 11.8. The summed E-state index contributed by atoms with van der Waals surface area (Å²) in [7, 11) is 2.97. The molecule has 0 aliphatic rings. The number of halogens is 1. The Labute approximate surface area is 202 Å². The van der Waals surface area contributed by atoms with E-state index in [1.807, 2.05) is 6.92 Å². The van der Waals surface area contributed by atoms with Crippen LogP contribution in [-0.2, 0) is 4.79 Å². The van der Waals surface area contributed by atoms with Gasteiger partial charge in [-0.1, -0.05) is 29.8 Å². The van der Waals surface area contributed by atoms with E-state index in [1.54, 1.807) is 54.6 Å². The van der Waals surface area contributed by atoms with E-state index in [1.165, 1.54) is 20.3 Å². The molecule has 8 nitrogen and oxygen atoms in total. The zero-order valence-electron chi connectivity index (χ0n) is 19.0. The maximum atomic E-state index is 12.8. The Bertz CT molecular complexity index is 1170. The van der Waals surface area contributed by atoms with Gasteiger partial charge in [-0.05, 0) is 49.4 Å². The predicted octanol–water partition coefficient (Wildman–Crippen LogP) is 5.03. The smallest absolute Gasteiger partial charge is 0.262 e. The topological polar surface area (TPSA) is 95.1 Å². The first kappa shape index (κ1) is 24.7. The van der Waals surface area contributed by atoms with Gasteiger partial charge in [-0.25, -0.2) is 0 Å². The van der Waals surface area contributed by atoms with E-state index < -0.39 is 0 Å². The van der Waals surface area contributed by atoms with Crippen LogP contribution in [0.15, 0.2) is 60.7 Å². The Kier molecular flexibility index (Phi) is 8.59. The van der Waals surface area contributed by atoms with Crippen molar-refractivity contribution in [2.75, 3.05) is 38.1 Å². The molecule has 178 valence electrons. The van der Waals surface area contributed by atoms with Gasteiger partial charge in [0.05, 0.1) is 37.2 Å². The summed E-state index contributed by atoms with van der Waals surface area (Å²) in [5, 5.41) is 5.92. The van der Waals surface area contributed by atoms with Crippen LogP contribution in [0.4, 0.5) is 11.4 Å². The van der Waals surface area contributed by atoms with Gasteiger partial charge in [0.2, 0.25) is 0 Å². The van der Waals surface area contributed by atoms with Gasteiger partial charge in [0.25, 0.3) is 11.8 Å². The van der Waals surface area contributed by atoms with Gasteiger partial charge in [-0.3, -0.25) is 9.59 Å². The zero-order valence-corrected chi connectivity index (χ0v) is 19.8. The molecule has 0 saturated carbocycles. The van der Waals surface area contributed by atoms with Crippen molar-refractivity contribution in [2.45, 2.75) is 6.92 Å². The average molecular weight is 485 g/mol. The van der Waals surface area contributed by atoms with Crippen molar-refractivity contribution in [3.63, 3.8) is 0 Å². The lowest BCUT2D eigenvalue weighted by Crippen LogP contribution is -2.20. The first-order chi connectivity index (χ1) is 16.5. The summed E-state index contributed by atoms with van der Waals surface area (Å²) in [5.41, 5.74) is 1.31. The second-order valence-corrected chi connectivity index (χ2v) is 7.31. The van der Waals surface area contributed by atoms with E-state index in [9.17, 15) is 9.59 Å². The zero-order chi connectivity index (χ0) is 24.5. The molecular formula is C25H25ClN2O6. The Morgan fingerprint density at radius 3 is 2.29 bits per heavy atom. The third-order valence-corrected chi connectivity index (χ3v) is 4.97. The summed E-state index contributed by atoms with van der Waals surface area (Å²) in [6.45, 7) is 1.96. The van der Waals surface area contributed by atoms with Crippen LogP contribution in [0.1, 0.15) is 17.3 Å². The number of amides is 2. The molecule has 3 aromatic carbocycles. The molecule has 0 radical (unpaired) electrons. The Balaban J connectivity index is 1.68. The van der Waals surface area contributed by atoms with Gasteiger partial charge in [-0.2, -0.15) is 0 Å². The van der Waals surface area contributed by atoms with Crippen LogP contribution in [-0.4, -0.2) is 39.2 Å². The van der Waals surface area contributed by atoms with Crippen LogP contribution < -0.4 is 29.6 Å². The minimum Gasteiger partial charge on any atom is -0.495 e. The predicted molar refractivity (Wildman–Crippen MR) is 131 cm³/mol. The highest BCUT2D eigenvalue weighted by Gasteiger charge is 2.16. The lowest BCUT2D eigenvalue weighted by atomic mass is 10.1. The van der Waals surface area contributed by atoms with Crippen molar-refractivity contribution < 1.29 is 28.5 Å². The fourth-order valence-corrected chi connectivity index (χ4v) is 3.33. The Hall–Kier alpha value is -3.91. The van der Waals surface area contributed by atoms with Crippen molar-refractivity contribution in [1.29, 1.82) is 0 Å². The van der Waals surface area contributed by atoms with Crippen LogP contribution in [0.5, 0.6) is 23.0 Å². The van der Waals surface area contributed by atoms with Crippen LogP contribution >= 0.6 is 11.6 Å². The van der Waals surface area contributed by atoms with Crippen molar-refractivity contribution in [3.8, 4) is 23.0 Å². The number of nitrogens with one attached hydrogen (secondary N) is 2. The first-order valence-electron chi connectivity index (χ1n) is 10.4. The van der Waals surface area contributed by atoms with Crippen LogP contribution in [0.3, 0.4) is 0 Å². The number of anilines is 2. The highest BCUT2D eigenvalue weighted by atomic mass is 35.5. The van der Waals surface area contributed by atoms with Crippen molar-refractivity contribution in [1.82, 2.24) is 0 Å². The maximum Gasteiger partial charge on any atom is 0.262 e. The molecule has 0 bridgehead atoms. The van der Waals surface area contributed by atoms with E-state index in [-0.39, 0.29) is 18.4 Å². The van der Waals surface area contributed by atoms with Gasteiger partial charge < -0.3 is 29.6 Å². The third kappa shape index (κ3) is 6.11. The summed E-state index contributed by atoms with van der Waals surface area (Å²) >= 11 is 6.18. The molecular weight excluding hydrogens is 460 g/mol. The number of ether oxygens (including phenoxy) is 4. The minimum absolute atomic E-state index is 0.264. The number of hydrogen-bond donors (Lipinski definition) is 2. The molecule has 0 atom stereocenters. The number of benzene rings is 3. The monoisotopic (exact) mass is 484 g/mol.